The van der Waals surface area contributed by atoms with Crippen molar-refractivity contribution in [3.63, 3.8) is 0 Å². The molecule has 3 heteroatoms. The smallest absolute Gasteiger partial charge is 0.0859 e. The van der Waals surface area contributed by atoms with Crippen LogP contribution >= 0.6 is 0 Å². The summed E-state index contributed by atoms with van der Waals surface area (Å²) < 4.78 is 1.97. The van der Waals surface area contributed by atoms with Crippen molar-refractivity contribution in [2.45, 2.75) is 39.5 Å². The number of aryl methyl sites for hydroxylation is 2. The Morgan fingerprint density at radius 2 is 1.88 bits per heavy atom. The monoisotopic (exact) mass is 219 g/mol. The average molecular weight is 219 g/mol. The highest BCUT2D eigenvalue weighted by molar-refractivity contribution is 5.15. The van der Waals surface area contributed by atoms with Gasteiger partial charge in [-0.15, -0.1) is 5.10 Å². The van der Waals surface area contributed by atoms with Crippen LogP contribution < -0.4 is 0 Å². The Bertz CT molecular complexity index is 394. The van der Waals surface area contributed by atoms with Gasteiger partial charge in [0.2, 0.25) is 0 Å². The van der Waals surface area contributed by atoms with Crippen molar-refractivity contribution in [3.8, 4) is 0 Å². The first-order valence-corrected chi connectivity index (χ1v) is 6.56. The van der Waals surface area contributed by atoms with Gasteiger partial charge in [0.15, 0.2) is 0 Å². The fourth-order valence-corrected chi connectivity index (χ4v) is 3.80. The predicted molar refractivity (Wildman–Crippen MR) is 63.0 cm³/mol. The van der Waals surface area contributed by atoms with E-state index in [2.05, 4.69) is 24.2 Å². The molecule has 0 radical (unpaired) electrons. The Hall–Kier alpha value is -0.860. The second-order valence-corrected chi connectivity index (χ2v) is 5.83. The van der Waals surface area contributed by atoms with Gasteiger partial charge in [0, 0.05) is 7.05 Å². The van der Waals surface area contributed by atoms with E-state index in [1.807, 2.05) is 11.7 Å². The summed E-state index contributed by atoms with van der Waals surface area (Å²) in [4.78, 5) is 0. The summed E-state index contributed by atoms with van der Waals surface area (Å²) in [6, 6.07) is 0. The molecule has 0 aliphatic heterocycles. The molecule has 1 saturated carbocycles. The molecular weight excluding hydrogens is 198 g/mol. The third kappa shape index (κ3) is 1.48. The Labute approximate surface area is 97.2 Å². The summed E-state index contributed by atoms with van der Waals surface area (Å²) in [5, 5.41) is 8.44. The summed E-state index contributed by atoms with van der Waals surface area (Å²) in [5.41, 5.74) is 2.64. The largest absolute Gasteiger partial charge is 0.252 e. The highest BCUT2D eigenvalue weighted by Gasteiger charge is 2.50. The Kier molecular flexibility index (Phi) is 2.30. The van der Waals surface area contributed by atoms with Crippen molar-refractivity contribution in [1.82, 2.24) is 15.0 Å². The first kappa shape index (κ1) is 10.3. The van der Waals surface area contributed by atoms with Gasteiger partial charge in [-0.2, -0.15) is 0 Å². The van der Waals surface area contributed by atoms with Crippen LogP contribution in [0.1, 0.15) is 38.1 Å². The van der Waals surface area contributed by atoms with Crippen molar-refractivity contribution >= 4 is 0 Å². The summed E-state index contributed by atoms with van der Waals surface area (Å²) in [6.07, 6.45) is 5.01. The minimum absolute atomic E-state index is 0.863. The molecule has 1 heterocycles. The summed E-state index contributed by atoms with van der Waals surface area (Å²) in [7, 11) is 2.03. The number of rotatable bonds is 1. The van der Waals surface area contributed by atoms with E-state index in [-0.39, 0.29) is 0 Å². The summed E-state index contributed by atoms with van der Waals surface area (Å²) in [6.45, 7) is 4.75. The normalized spacial score (nSPS) is 32.9. The minimum Gasteiger partial charge on any atom is -0.252 e. The van der Waals surface area contributed by atoms with Crippen LogP contribution in [0.4, 0.5) is 0 Å². The highest BCUT2D eigenvalue weighted by Crippen LogP contribution is 2.56. The van der Waals surface area contributed by atoms with Crippen LogP contribution in [0.2, 0.25) is 0 Å². The van der Waals surface area contributed by atoms with Crippen LogP contribution in [-0.4, -0.2) is 15.0 Å². The van der Waals surface area contributed by atoms with E-state index in [4.69, 9.17) is 0 Å². The topological polar surface area (TPSA) is 30.7 Å². The molecule has 1 fully saturated rings. The molecule has 0 saturated heterocycles. The molecule has 1 unspecified atom stereocenters. The molecule has 0 aromatic carbocycles. The fraction of sp³-hybridized carbons (Fsp3) is 0.846. The fourth-order valence-electron chi connectivity index (χ4n) is 3.80. The van der Waals surface area contributed by atoms with Gasteiger partial charge in [-0.25, -0.2) is 0 Å². The lowest BCUT2D eigenvalue weighted by Crippen LogP contribution is -2.04. The van der Waals surface area contributed by atoms with Gasteiger partial charge < -0.3 is 0 Å². The highest BCUT2D eigenvalue weighted by atomic mass is 15.4. The number of hydrogen-bond acceptors (Lipinski definition) is 2. The number of aromatic nitrogens is 3. The Morgan fingerprint density at radius 1 is 1.19 bits per heavy atom. The molecule has 0 bridgehead atoms. The van der Waals surface area contributed by atoms with Crippen LogP contribution in [0.15, 0.2) is 0 Å². The van der Waals surface area contributed by atoms with E-state index in [0.717, 1.165) is 30.1 Å². The molecule has 0 amide bonds. The van der Waals surface area contributed by atoms with Crippen LogP contribution in [0, 0.1) is 23.7 Å². The third-order valence-corrected chi connectivity index (χ3v) is 4.62. The predicted octanol–water partition coefficient (Wildman–Crippen LogP) is 2.21. The maximum Gasteiger partial charge on any atom is 0.0859 e. The lowest BCUT2D eigenvalue weighted by Gasteiger charge is -2.07. The molecule has 88 valence electrons. The molecule has 0 N–H and O–H groups in total. The second kappa shape index (κ2) is 3.57. The van der Waals surface area contributed by atoms with Gasteiger partial charge in [0.05, 0.1) is 11.4 Å². The SMILES string of the molecule is CC(C)C1[C@H]2CCc3nnn(C)c3CC[C@@H]12. The van der Waals surface area contributed by atoms with Crippen LogP contribution in [0.5, 0.6) is 0 Å². The third-order valence-electron chi connectivity index (χ3n) is 4.62. The van der Waals surface area contributed by atoms with Gasteiger partial charge in [0.1, 0.15) is 0 Å². The number of nitrogens with zero attached hydrogens (tertiary/aromatic N) is 3. The molecular formula is C13H21N3. The standard InChI is InChI=1S/C13H21N3/c1-8(2)13-9-4-6-11-12(7-5-10(9)13)16(3)15-14-11/h8-10,13H,4-7H2,1-3H3/t9-,10+,13?/m0/s1. The van der Waals surface area contributed by atoms with Crippen LogP contribution in [0.3, 0.4) is 0 Å². The van der Waals surface area contributed by atoms with Crippen molar-refractivity contribution in [1.29, 1.82) is 0 Å². The van der Waals surface area contributed by atoms with Crippen molar-refractivity contribution in [2.24, 2.45) is 30.7 Å². The Morgan fingerprint density at radius 3 is 2.56 bits per heavy atom. The van der Waals surface area contributed by atoms with E-state index >= 15 is 0 Å². The van der Waals surface area contributed by atoms with Crippen molar-refractivity contribution in [2.75, 3.05) is 0 Å². The zero-order valence-corrected chi connectivity index (χ0v) is 10.5. The maximum atomic E-state index is 4.29. The summed E-state index contributed by atoms with van der Waals surface area (Å²) >= 11 is 0. The quantitative estimate of drug-likeness (QED) is 0.725. The van der Waals surface area contributed by atoms with Gasteiger partial charge in [-0.05, 0) is 49.4 Å². The van der Waals surface area contributed by atoms with E-state index in [9.17, 15) is 0 Å². The maximum absolute atomic E-state index is 4.29. The molecule has 1 aromatic rings. The average Bonchev–Trinajstić information content (AvgIpc) is 2.79. The lowest BCUT2D eigenvalue weighted by molar-refractivity contribution is 0.489. The first-order chi connectivity index (χ1) is 7.68. The molecule has 2 aliphatic rings. The number of hydrogen-bond donors (Lipinski definition) is 0. The van der Waals surface area contributed by atoms with Crippen molar-refractivity contribution in [3.05, 3.63) is 11.4 Å². The first-order valence-electron chi connectivity index (χ1n) is 6.56. The van der Waals surface area contributed by atoms with Gasteiger partial charge in [-0.1, -0.05) is 19.1 Å². The molecule has 3 nitrogen and oxygen atoms in total. The van der Waals surface area contributed by atoms with Gasteiger partial charge in [-0.3, -0.25) is 4.68 Å². The summed E-state index contributed by atoms with van der Waals surface area (Å²) in [5.74, 6) is 3.82. The van der Waals surface area contributed by atoms with E-state index in [1.165, 1.54) is 30.7 Å². The Balaban J connectivity index is 1.78. The molecule has 3 rings (SSSR count). The van der Waals surface area contributed by atoms with E-state index < -0.39 is 0 Å². The van der Waals surface area contributed by atoms with Crippen LogP contribution in [0.25, 0.3) is 0 Å². The van der Waals surface area contributed by atoms with E-state index in [1.54, 1.807) is 0 Å². The molecule has 0 spiro atoms. The number of fused-ring (bicyclic) bond motifs is 2. The van der Waals surface area contributed by atoms with Gasteiger partial charge >= 0.3 is 0 Å². The zero-order chi connectivity index (χ0) is 11.3. The molecule has 3 atom stereocenters. The molecule has 1 aromatic heterocycles. The van der Waals surface area contributed by atoms with Gasteiger partial charge in [0.25, 0.3) is 0 Å². The van der Waals surface area contributed by atoms with E-state index in [0.29, 0.717) is 0 Å². The van der Waals surface area contributed by atoms with Crippen LogP contribution in [-0.2, 0) is 19.9 Å². The molecule has 2 aliphatic carbocycles. The van der Waals surface area contributed by atoms with Crippen molar-refractivity contribution < 1.29 is 0 Å². The minimum atomic E-state index is 0.863. The zero-order valence-electron chi connectivity index (χ0n) is 10.5. The second-order valence-electron chi connectivity index (χ2n) is 5.83. The lowest BCUT2D eigenvalue weighted by atomic mass is 10.0. The molecule has 16 heavy (non-hydrogen) atoms.